The van der Waals surface area contributed by atoms with Crippen LogP contribution in [-0.4, -0.2) is 4.98 Å². The van der Waals surface area contributed by atoms with Crippen molar-refractivity contribution in [2.24, 2.45) is 5.50 Å². The maximum Gasteiger partial charge on any atom is 0.0650 e. The van der Waals surface area contributed by atoms with Crippen molar-refractivity contribution in [1.29, 1.82) is 0 Å². The first-order valence-electron chi connectivity index (χ1n) is 2.61. The van der Waals surface area contributed by atoms with Gasteiger partial charge in [-0.2, -0.15) is 0 Å². The van der Waals surface area contributed by atoms with E-state index in [1.165, 1.54) is 0 Å². The monoisotopic (exact) mass is 210 g/mol. The lowest BCUT2D eigenvalue weighted by Gasteiger charge is -2.16. The molecule has 6 heteroatoms. The van der Waals surface area contributed by atoms with E-state index >= 15 is 0 Å². The zero-order chi connectivity index (χ0) is 7.23. The van der Waals surface area contributed by atoms with Crippen LogP contribution >= 0.6 is 35.3 Å². The second-order valence-corrected chi connectivity index (χ2v) is 12.2. The molecule has 1 saturated heterocycles. The third-order valence-electron chi connectivity index (χ3n) is 0.741. The fourth-order valence-corrected chi connectivity index (χ4v) is 6.78. The molecule has 1 aliphatic rings. The molecule has 1 aliphatic heterocycles. The minimum absolute atomic E-state index is 0.0103. The smallest absolute Gasteiger partial charge is 0.0650 e. The van der Waals surface area contributed by atoms with Crippen molar-refractivity contribution in [2.45, 2.75) is 0 Å². The van der Waals surface area contributed by atoms with E-state index in [1.54, 1.807) is 0 Å². The molecule has 2 heterocycles. The largest absolute Gasteiger partial charge is 0.368 e. The molecule has 0 spiro atoms. The van der Waals surface area contributed by atoms with Gasteiger partial charge in [0.2, 0.25) is 0 Å². The van der Waals surface area contributed by atoms with Crippen LogP contribution in [0.2, 0.25) is 0 Å². The summed E-state index contributed by atoms with van der Waals surface area (Å²) in [6.07, 6.45) is 3.75. The predicted octanol–water partition coefficient (Wildman–Crippen LogP) is 3.18. The van der Waals surface area contributed by atoms with Gasteiger partial charge in [0.25, 0.3) is 0 Å². The van der Waals surface area contributed by atoms with Gasteiger partial charge in [0.15, 0.2) is 0 Å². The highest BCUT2D eigenvalue weighted by atomic mass is 33.7. The summed E-state index contributed by atoms with van der Waals surface area (Å²) < 4.78 is 0. The minimum atomic E-state index is -0.0103. The lowest BCUT2D eigenvalue weighted by molar-refractivity contribution is 1.42. The summed E-state index contributed by atoms with van der Waals surface area (Å²) in [7, 11) is 4.74. The third-order valence-corrected chi connectivity index (χ3v) is 15.2. The molecule has 56 valence electrons. The fourth-order valence-electron chi connectivity index (χ4n) is 0.358. The van der Waals surface area contributed by atoms with Crippen LogP contribution in [0.25, 0.3) is 0 Å². The Morgan fingerprint density at radius 2 is 1.90 bits per heavy atom. The Bertz CT molecular complexity index is 137. The van der Waals surface area contributed by atoms with Crippen LogP contribution in [0.3, 0.4) is 0 Å². The van der Waals surface area contributed by atoms with Gasteiger partial charge in [0.1, 0.15) is 0 Å². The Labute approximate surface area is 70.5 Å². The van der Waals surface area contributed by atoms with Gasteiger partial charge >= 0.3 is 0 Å². The summed E-state index contributed by atoms with van der Waals surface area (Å²) in [6.45, 7) is -0.0103. The lowest BCUT2D eigenvalue weighted by atomic mass is 10.7. The third kappa shape index (κ3) is 3.85. The Balaban J connectivity index is 0.0000001000. The normalized spacial score (nSPS) is 24.7. The highest BCUT2D eigenvalue weighted by Gasteiger charge is 2.12. The molecule has 0 bridgehead atoms. The van der Waals surface area contributed by atoms with E-state index in [-0.39, 0.29) is 6.96 Å². The van der Waals surface area contributed by atoms with Gasteiger partial charge in [-0.05, 0) is 22.5 Å². The molecule has 0 saturated carbocycles. The van der Waals surface area contributed by atoms with E-state index in [0.29, 0.717) is 0 Å². The second kappa shape index (κ2) is 5.45. The summed E-state index contributed by atoms with van der Waals surface area (Å²) in [5.74, 6) is 0. The van der Waals surface area contributed by atoms with E-state index in [1.807, 2.05) is 45.4 Å². The summed E-state index contributed by atoms with van der Waals surface area (Å²) in [5, 5.41) is 0. The quantitative estimate of drug-likeness (QED) is 0.510. The predicted molar refractivity (Wildman–Crippen MR) is 55.4 cm³/mol. The number of aromatic nitrogens is 1. The summed E-state index contributed by atoms with van der Waals surface area (Å²) >= 11 is 0. The first kappa shape index (κ1) is 8.89. The molecule has 1 aromatic rings. The average Bonchev–Trinajstić information content (AvgIpc) is 2.38. The molecule has 2 unspecified atom stereocenters. The van der Waals surface area contributed by atoms with Gasteiger partial charge in [0.05, 0.1) is 6.96 Å². The highest BCUT2D eigenvalue weighted by Crippen LogP contribution is 2.84. The van der Waals surface area contributed by atoms with E-state index in [4.69, 9.17) is 5.50 Å². The van der Waals surface area contributed by atoms with E-state index < -0.39 is 0 Å². The van der Waals surface area contributed by atoms with E-state index in [9.17, 15) is 0 Å². The summed E-state index contributed by atoms with van der Waals surface area (Å²) in [5.41, 5.74) is 5.40. The number of H-pyrrole nitrogens is 1. The van der Waals surface area contributed by atoms with E-state index in [2.05, 4.69) is 4.98 Å². The van der Waals surface area contributed by atoms with Crippen LogP contribution in [0.5, 0.6) is 0 Å². The topological polar surface area (TPSA) is 41.8 Å². The van der Waals surface area contributed by atoms with Crippen molar-refractivity contribution in [2.75, 3.05) is 0 Å². The van der Waals surface area contributed by atoms with Gasteiger partial charge in [0, 0.05) is 19.9 Å². The second-order valence-electron chi connectivity index (χ2n) is 1.46. The van der Waals surface area contributed by atoms with E-state index in [0.717, 1.165) is 7.47 Å². The fraction of sp³-hybridized carbons (Fsp3) is 0. The van der Waals surface area contributed by atoms with Gasteiger partial charge < -0.3 is 4.98 Å². The van der Waals surface area contributed by atoms with Crippen molar-refractivity contribution in [3.05, 3.63) is 24.5 Å². The molecule has 10 heavy (non-hydrogen) atoms. The van der Waals surface area contributed by atoms with Crippen molar-refractivity contribution >= 4 is 35.3 Å². The number of hydrogen-bond acceptors (Lipinski definition) is 3. The SMILES string of the molecule is NP1PSS1.c1cc[nH]c1. The molecule has 1 fully saturated rings. The molecule has 0 aliphatic carbocycles. The van der Waals surface area contributed by atoms with Gasteiger partial charge in [-0.1, -0.05) is 10.4 Å². The van der Waals surface area contributed by atoms with Gasteiger partial charge in [-0.25, -0.2) is 0 Å². The molecule has 1 aromatic heterocycles. The van der Waals surface area contributed by atoms with Gasteiger partial charge in [-0.3, -0.25) is 5.50 Å². The van der Waals surface area contributed by atoms with Gasteiger partial charge in [-0.15, -0.1) is 0 Å². The zero-order valence-corrected chi connectivity index (χ0v) is 8.68. The summed E-state index contributed by atoms with van der Waals surface area (Å²) in [4.78, 5) is 2.86. The zero-order valence-electron chi connectivity index (χ0n) is 5.15. The standard InChI is InChI=1S/C4H5N.H3NP2S2/c1-2-4-5-3-1;1-3-2-4-5-3/h1-5H;2H,1H2. The molecular formula is C4H8N2P2S2. The van der Waals surface area contributed by atoms with Crippen LogP contribution in [0.1, 0.15) is 0 Å². The number of nitrogens with two attached hydrogens (primary N) is 1. The van der Waals surface area contributed by atoms with Crippen LogP contribution in [-0.2, 0) is 0 Å². The van der Waals surface area contributed by atoms with Crippen molar-refractivity contribution < 1.29 is 0 Å². The number of aromatic amines is 1. The number of nitrogens with one attached hydrogen (secondary N) is 1. The minimum Gasteiger partial charge on any atom is -0.368 e. The molecular weight excluding hydrogens is 202 g/mol. The first-order chi connectivity index (χ1) is 4.89. The number of rotatable bonds is 0. The maximum atomic E-state index is 5.40. The van der Waals surface area contributed by atoms with Crippen molar-refractivity contribution in [1.82, 2.24) is 4.98 Å². The Hall–Kier alpha value is 0.800. The Morgan fingerprint density at radius 1 is 1.40 bits per heavy atom. The molecule has 2 rings (SSSR count). The van der Waals surface area contributed by atoms with Crippen LogP contribution in [0.15, 0.2) is 24.5 Å². The Morgan fingerprint density at radius 3 is 2.00 bits per heavy atom. The molecule has 2 nitrogen and oxygen atoms in total. The van der Waals surface area contributed by atoms with Crippen LogP contribution < -0.4 is 5.50 Å². The summed E-state index contributed by atoms with van der Waals surface area (Å²) in [6, 6.07) is 3.89. The Kier molecular flexibility index (Phi) is 4.85. The first-order valence-corrected chi connectivity index (χ1v) is 9.34. The lowest BCUT2D eigenvalue weighted by Crippen LogP contribution is -1.74. The molecule has 0 radical (unpaired) electrons. The molecule has 2 atom stereocenters. The van der Waals surface area contributed by atoms with Crippen molar-refractivity contribution in [3.8, 4) is 0 Å². The van der Waals surface area contributed by atoms with Crippen LogP contribution in [0, 0.1) is 0 Å². The average molecular weight is 210 g/mol. The van der Waals surface area contributed by atoms with Crippen LogP contribution in [0.4, 0.5) is 0 Å². The maximum absolute atomic E-state index is 5.40. The molecule has 0 amide bonds. The number of hydrogen-bond donors (Lipinski definition) is 2. The highest BCUT2D eigenvalue weighted by molar-refractivity contribution is 9.34. The molecule has 3 N–H and O–H groups in total. The van der Waals surface area contributed by atoms with Crippen molar-refractivity contribution in [3.63, 3.8) is 0 Å². The molecule has 0 aromatic carbocycles.